The number of rotatable bonds is 1. The van der Waals surface area contributed by atoms with Crippen LogP contribution in [0, 0.1) is 0 Å². The molecule has 2 aromatic heterocycles. The van der Waals surface area contributed by atoms with E-state index in [1.807, 2.05) is 29.3 Å². The van der Waals surface area contributed by atoms with E-state index in [-0.39, 0.29) is 16.9 Å². The van der Waals surface area contributed by atoms with E-state index < -0.39 is 0 Å². The Hall–Kier alpha value is -2.89. The van der Waals surface area contributed by atoms with Gasteiger partial charge in [0.1, 0.15) is 0 Å². The molecule has 1 saturated heterocycles. The number of pyridine rings is 1. The Morgan fingerprint density at radius 1 is 1.19 bits per heavy atom. The third kappa shape index (κ3) is 2.14. The number of amides is 1. The number of hydrogen-bond donors (Lipinski definition) is 2. The molecule has 1 unspecified atom stereocenters. The summed E-state index contributed by atoms with van der Waals surface area (Å²) in [5, 5.41) is 8.66. The Labute approximate surface area is 150 Å². The highest BCUT2D eigenvalue weighted by Crippen LogP contribution is 2.44. The summed E-state index contributed by atoms with van der Waals surface area (Å²) in [4.78, 5) is 30.0. The van der Waals surface area contributed by atoms with Gasteiger partial charge in [-0.05, 0) is 37.3 Å². The molecule has 1 atom stereocenters. The van der Waals surface area contributed by atoms with Gasteiger partial charge in [0.05, 0.1) is 11.8 Å². The van der Waals surface area contributed by atoms with Gasteiger partial charge in [-0.15, -0.1) is 0 Å². The number of fused-ring (bicyclic) bond motifs is 3. The molecule has 1 spiro atoms. The molecule has 0 radical (unpaired) electrons. The van der Waals surface area contributed by atoms with Gasteiger partial charge in [0.25, 0.3) is 11.5 Å². The van der Waals surface area contributed by atoms with Crippen molar-refractivity contribution in [2.45, 2.75) is 31.1 Å². The van der Waals surface area contributed by atoms with E-state index in [1.165, 1.54) is 11.3 Å². The summed E-state index contributed by atoms with van der Waals surface area (Å²) in [7, 11) is 0. The molecular formula is C20H20N4O2. The predicted octanol–water partition coefficient (Wildman–Crippen LogP) is 2.37. The van der Waals surface area contributed by atoms with E-state index in [0.717, 1.165) is 37.6 Å². The van der Waals surface area contributed by atoms with Crippen molar-refractivity contribution in [1.29, 1.82) is 0 Å². The van der Waals surface area contributed by atoms with Crippen molar-refractivity contribution >= 4 is 16.7 Å². The molecule has 2 N–H and O–H groups in total. The highest BCUT2D eigenvalue weighted by Gasteiger charge is 2.44. The summed E-state index contributed by atoms with van der Waals surface area (Å²) >= 11 is 0. The van der Waals surface area contributed by atoms with Gasteiger partial charge in [0.2, 0.25) is 0 Å². The van der Waals surface area contributed by atoms with Crippen molar-refractivity contribution in [2.24, 2.45) is 0 Å². The number of hydrogen-bond acceptors (Lipinski definition) is 3. The zero-order valence-electron chi connectivity index (χ0n) is 14.4. The zero-order valence-corrected chi connectivity index (χ0v) is 14.4. The minimum Gasteiger partial charge on any atom is -0.338 e. The molecular weight excluding hydrogens is 328 g/mol. The number of aromatic amines is 2. The number of nitrogens with zero attached hydrogens (tertiary/aromatic N) is 2. The monoisotopic (exact) mass is 348 g/mol. The van der Waals surface area contributed by atoms with Crippen LogP contribution in [-0.4, -0.2) is 39.1 Å². The van der Waals surface area contributed by atoms with Crippen molar-refractivity contribution in [2.75, 3.05) is 13.1 Å². The van der Waals surface area contributed by atoms with Gasteiger partial charge in [0, 0.05) is 41.2 Å². The summed E-state index contributed by atoms with van der Waals surface area (Å²) in [6.07, 6.45) is 7.62. The maximum atomic E-state index is 13.3. The lowest BCUT2D eigenvalue weighted by atomic mass is 9.77. The Morgan fingerprint density at radius 3 is 2.92 bits per heavy atom. The highest BCUT2D eigenvalue weighted by atomic mass is 16.2. The summed E-state index contributed by atoms with van der Waals surface area (Å²) < 4.78 is 0. The Balaban J connectivity index is 1.52. The quantitative estimate of drug-likeness (QED) is 0.708. The minimum atomic E-state index is -0.162. The van der Waals surface area contributed by atoms with E-state index in [9.17, 15) is 9.59 Å². The molecule has 6 nitrogen and oxygen atoms in total. The average molecular weight is 348 g/mol. The van der Waals surface area contributed by atoms with Crippen LogP contribution in [0.15, 0.2) is 41.5 Å². The molecule has 1 aliphatic carbocycles. The largest absolute Gasteiger partial charge is 0.338 e. The van der Waals surface area contributed by atoms with Crippen LogP contribution in [0.5, 0.6) is 0 Å². The van der Waals surface area contributed by atoms with Gasteiger partial charge < -0.3 is 9.88 Å². The van der Waals surface area contributed by atoms with Crippen LogP contribution in [0.4, 0.5) is 0 Å². The van der Waals surface area contributed by atoms with E-state index >= 15 is 0 Å². The molecule has 3 aromatic rings. The molecule has 6 heteroatoms. The second-order valence-corrected chi connectivity index (χ2v) is 7.46. The van der Waals surface area contributed by atoms with Crippen LogP contribution in [0.3, 0.4) is 0 Å². The summed E-state index contributed by atoms with van der Waals surface area (Å²) in [5.41, 5.74) is 2.90. The van der Waals surface area contributed by atoms with Gasteiger partial charge in [-0.1, -0.05) is 18.2 Å². The van der Waals surface area contributed by atoms with Crippen molar-refractivity contribution < 1.29 is 4.79 Å². The highest BCUT2D eigenvalue weighted by molar-refractivity contribution is 6.06. The van der Waals surface area contributed by atoms with Crippen LogP contribution in [0.1, 0.15) is 40.9 Å². The third-order valence-corrected chi connectivity index (χ3v) is 6.03. The standard InChI is InChI=1S/C20H20N4O2/c25-18-15-5-2-1-4-14(15)16(11-21-18)19(26)24-9-3-7-20(12-24)8-6-13-10-22-23-17(13)20/h1-2,4-5,10-11H,3,6-9,12H2,(H,21,25)(H,22,23). The lowest BCUT2D eigenvalue weighted by molar-refractivity contribution is 0.0634. The van der Waals surface area contributed by atoms with Crippen molar-refractivity contribution in [3.05, 3.63) is 63.8 Å². The number of H-pyrrole nitrogens is 2. The fraction of sp³-hybridized carbons (Fsp3) is 0.350. The van der Waals surface area contributed by atoms with Gasteiger partial charge in [-0.2, -0.15) is 5.10 Å². The molecule has 0 bridgehead atoms. The third-order valence-electron chi connectivity index (χ3n) is 6.03. The molecule has 5 rings (SSSR count). The predicted molar refractivity (Wildman–Crippen MR) is 98.3 cm³/mol. The van der Waals surface area contributed by atoms with Gasteiger partial charge in [-0.25, -0.2) is 0 Å². The van der Waals surface area contributed by atoms with Crippen molar-refractivity contribution in [3.8, 4) is 0 Å². The summed E-state index contributed by atoms with van der Waals surface area (Å²) in [6, 6.07) is 7.29. The first-order valence-corrected chi connectivity index (χ1v) is 9.10. The Kier molecular flexibility index (Phi) is 3.29. The Bertz CT molecular complexity index is 1070. The number of piperidine rings is 1. The molecule has 132 valence electrons. The molecule has 0 saturated carbocycles. The van der Waals surface area contributed by atoms with Gasteiger partial charge in [-0.3, -0.25) is 14.7 Å². The second-order valence-electron chi connectivity index (χ2n) is 7.46. The first kappa shape index (κ1) is 15.4. The molecule has 1 fully saturated rings. The maximum Gasteiger partial charge on any atom is 0.255 e. The lowest BCUT2D eigenvalue weighted by Gasteiger charge is -2.40. The lowest BCUT2D eigenvalue weighted by Crippen LogP contribution is -2.48. The van der Waals surface area contributed by atoms with Crippen LogP contribution in [0.25, 0.3) is 10.8 Å². The number of nitrogens with one attached hydrogen (secondary N) is 2. The maximum absolute atomic E-state index is 13.3. The van der Waals surface area contributed by atoms with E-state index in [4.69, 9.17) is 0 Å². The smallest absolute Gasteiger partial charge is 0.255 e. The van der Waals surface area contributed by atoms with Gasteiger partial charge >= 0.3 is 0 Å². The molecule has 1 aliphatic heterocycles. The average Bonchev–Trinajstić information content (AvgIpc) is 3.27. The normalized spacial score (nSPS) is 22.1. The number of benzene rings is 1. The van der Waals surface area contributed by atoms with Crippen molar-refractivity contribution in [1.82, 2.24) is 20.1 Å². The molecule has 3 heterocycles. The van der Waals surface area contributed by atoms with E-state index in [2.05, 4.69) is 15.2 Å². The second kappa shape index (κ2) is 5.56. The van der Waals surface area contributed by atoms with E-state index in [0.29, 0.717) is 17.5 Å². The fourth-order valence-corrected chi connectivity index (χ4v) is 4.73. The SMILES string of the molecule is O=C(c1c[nH]c(=O)c2ccccc12)N1CCCC2(CCc3cn[nH]c32)C1. The summed E-state index contributed by atoms with van der Waals surface area (Å²) in [6.45, 7) is 1.45. The molecule has 1 aromatic carbocycles. The van der Waals surface area contributed by atoms with Crippen molar-refractivity contribution in [3.63, 3.8) is 0 Å². The van der Waals surface area contributed by atoms with Crippen LogP contribution < -0.4 is 5.56 Å². The molecule has 26 heavy (non-hydrogen) atoms. The van der Waals surface area contributed by atoms with Gasteiger partial charge in [0.15, 0.2) is 0 Å². The number of aromatic nitrogens is 3. The number of carbonyl (C=O) groups excluding carboxylic acids is 1. The summed E-state index contributed by atoms with van der Waals surface area (Å²) in [5.74, 6) is -0.00973. The van der Waals surface area contributed by atoms with Crippen LogP contribution in [-0.2, 0) is 11.8 Å². The molecule has 1 amide bonds. The Morgan fingerprint density at radius 2 is 2.04 bits per heavy atom. The fourth-order valence-electron chi connectivity index (χ4n) is 4.73. The first-order valence-electron chi connectivity index (χ1n) is 9.10. The number of aryl methyl sites for hydroxylation is 1. The molecule has 2 aliphatic rings. The topological polar surface area (TPSA) is 81.8 Å². The van der Waals surface area contributed by atoms with Crippen LogP contribution in [0.2, 0.25) is 0 Å². The first-order chi connectivity index (χ1) is 12.7. The minimum absolute atomic E-state index is 0.00225. The number of likely N-dealkylation sites (tertiary alicyclic amines) is 1. The van der Waals surface area contributed by atoms with Crippen LogP contribution >= 0.6 is 0 Å². The zero-order chi connectivity index (χ0) is 17.7. The van der Waals surface area contributed by atoms with E-state index in [1.54, 1.807) is 12.3 Å². The number of carbonyl (C=O) groups is 1.